The molecule has 21 heavy (non-hydrogen) atoms. The third-order valence-corrected chi connectivity index (χ3v) is 6.33. The second-order valence-corrected chi connectivity index (χ2v) is 8.67. The Labute approximate surface area is 135 Å². The van der Waals surface area contributed by atoms with Crippen LogP contribution in [0.4, 0.5) is 5.13 Å². The molecule has 0 fully saturated rings. The molecule has 0 spiro atoms. The van der Waals surface area contributed by atoms with Crippen molar-refractivity contribution in [1.82, 2.24) is 4.98 Å². The molecule has 1 aromatic carbocycles. The summed E-state index contributed by atoms with van der Waals surface area (Å²) >= 11 is 4.29. The van der Waals surface area contributed by atoms with Gasteiger partial charge in [-0.1, -0.05) is 17.4 Å². The van der Waals surface area contributed by atoms with Crippen LogP contribution in [0.5, 0.6) is 0 Å². The zero-order chi connectivity index (χ0) is 15.8. The summed E-state index contributed by atoms with van der Waals surface area (Å²) < 4.78 is 24.0. The summed E-state index contributed by atoms with van der Waals surface area (Å²) in [6.07, 6.45) is 1.12. The fraction of sp³-hybridized carbons (Fsp3) is 0.231. The molecule has 0 atom stereocenters. The average Bonchev–Trinajstić information content (AvgIpc) is 2.69. The number of aromatic nitrogens is 1. The number of halogens is 1. The van der Waals surface area contributed by atoms with E-state index in [9.17, 15) is 13.2 Å². The molecule has 1 heterocycles. The SMILES string of the molecule is Cc1ccc(C(=O)Nc2nc(C)c(S(C)(=O)=O)s2)c(Br)c1. The Kier molecular flexibility index (Phi) is 4.50. The lowest BCUT2D eigenvalue weighted by Gasteiger charge is -2.05. The van der Waals surface area contributed by atoms with Gasteiger partial charge in [-0.3, -0.25) is 10.1 Å². The van der Waals surface area contributed by atoms with E-state index in [1.807, 2.05) is 19.1 Å². The maximum absolute atomic E-state index is 12.2. The fourth-order valence-corrected chi connectivity index (χ4v) is 4.54. The second-order valence-electron chi connectivity index (χ2n) is 4.60. The van der Waals surface area contributed by atoms with Gasteiger partial charge in [0.15, 0.2) is 15.0 Å². The number of nitrogens with one attached hydrogen (secondary N) is 1. The summed E-state index contributed by atoms with van der Waals surface area (Å²) in [6, 6.07) is 5.37. The molecule has 0 aliphatic rings. The Morgan fingerprint density at radius 1 is 1.33 bits per heavy atom. The summed E-state index contributed by atoms with van der Waals surface area (Å²) in [4.78, 5) is 16.3. The molecular weight excluding hydrogens is 376 g/mol. The van der Waals surface area contributed by atoms with Crippen LogP contribution in [0.25, 0.3) is 0 Å². The number of benzene rings is 1. The van der Waals surface area contributed by atoms with Crippen molar-refractivity contribution in [1.29, 1.82) is 0 Å². The van der Waals surface area contributed by atoms with Crippen LogP contribution in [0.2, 0.25) is 0 Å². The van der Waals surface area contributed by atoms with Gasteiger partial charge in [-0.2, -0.15) is 0 Å². The smallest absolute Gasteiger partial charge is 0.258 e. The summed E-state index contributed by atoms with van der Waals surface area (Å²) in [6.45, 7) is 3.53. The van der Waals surface area contributed by atoms with E-state index in [4.69, 9.17) is 0 Å². The molecule has 8 heteroatoms. The van der Waals surface area contributed by atoms with E-state index in [1.54, 1.807) is 13.0 Å². The average molecular weight is 389 g/mol. The third-order valence-electron chi connectivity index (χ3n) is 2.68. The Balaban J connectivity index is 2.28. The van der Waals surface area contributed by atoms with Gasteiger partial charge < -0.3 is 0 Å². The van der Waals surface area contributed by atoms with Gasteiger partial charge >= 0.3 is 0 Å². The Bertz CT molecular complexity index is 813. The van der Waals surface area contributed by atoms with Crippen molar-refractivity contribution in [3.8, 4) is 0 Å². The van der Waals surface area contributed by atoms with Gasteiger partial charge in [0.25, 0.3) is 5.91 Å². The van der Waals surface area contributed by atoms with Crippen molar-refractivity contribution in [3.05, 3.63) is 39.5 Å². The first-order chi connectivity index (χ1) is 9.68. The van der Waals surface area contributed by atoms with Crippen molar-refractivity contribution >= 4 is 48.1 Å². The van der Waals surface area contributed by atoms with Crippen LogP contribution in [0, 0.1) is 13.8 Å². The minimum absolute atomic E-state index is 0.167. The van der Waals surface area contributed by atoms with Crippen molar-refractivity contribution in [3.63, 3.8) is 0 Å². The predicted molar refractivity (Wildman–Crippen MR) is 86.8 cm³/mol. The summed E-state index contributed by atoms with van der Waals surface area (Å²) in [5.41, 5.74) is 1.89. The van der Waals surface area contributed by atoms with Gasteiger partial charge in [0, 0.05) is 10.7 Å². The highest BCUT2D eigenvalue weighted by atomic mass is 79.9. The summed E-state index contributed by atoms with van der Waals surface area (Å²) in [5, 5.41) is 2.89. The van der Waals surface area contributed by atoms with Gasteiger partial charge in [-0.15, -0.1) is 0 Å². The number of amides is 1. The number of anilines is 1. The van der Waals surface area contributed by atoms with Crippen molar-refractivity contribution < 1.29 is 13.2 Å². The Morgan fingerprint density at radius 3 is 2.52 bits per heavy atom. The van der Waals surface area contributed by atoms with Crippen LogP contribution in [0.15, 0.2) is 26.9 Å². The highest BCUT2D eigenvalue weighted by Crippen LogP contribution is 2.28. The lowest BCUT2D eigenvalue weighted by atomic mass is 10.1. The van der Waals surface area contributed by atoms with E-state index in [2.05, 4.69) is 26.2 Å². The number of carbonyl (C=O) groups is 1. The number of carbonyl (C=O) groups excluding carboxylic acids is 1. The minimum atomic E-state index is -3.33. The quantitative estimate of drug-likeness (QED) is 0.875. The normalized spacial score (nSPS) is 11.4. The predicted octanol–water partition coefficient (Wildman–Crippen LogP) is 3.18. The van der Waals surface area contributed by atoms with E-state index in [-0.39, 0.29) is 15.2 Å². The fourth-order valence-electron chi connectivity index (χ4n) is 1.75. The molecule has 0 saturated heterocycles. The summed E-state index contributed by atoms with van der Waals surface area (Å²) in [5.74, 6) is -0.337. The van der Waals surface area contributed by atoms with Crippen molar-refractivity contribution in [2.45, 2.75) is 18.1 Å². The number of thiazole rings is 1. The zero-order valence-corrected chi connectivity index (χ0v) is 14.8. The maximum Gasteiger partial charge on any atom is 0.258 e. The van der Waals surface area contributed by atoms with Crippen LogP contribution >= 0.6 is 27.3 Å². The molecule has 5 nitrogen and oxygen atoms in total. The van der Waals surface area contributed by atoms with Crippen molar-refractivity contribution in [2.75, 3.05) is 11.6 Å². The van der Waals surface area contributed by atoms with Crippen LogP contribution < -0.4 is 5.32 Å². The van der Waals surface area contributed by atoms with Crippen LogP contribution in [0.1, 0.15) is 21.6 Å². The molecule has 0 unspecified atom stereocenters. The number of hydrogen-bond acceptors (Lipinski definition) is 5. The molecular formula is C13H13BrN2O3S2. The number of rotatable bonds is 3. The van der Waals surface area contributed by atoms with Gasteiger partial charge in [0.05, 0.1) is 11.3 Å². The largest absolute Gasteiger partial charge is 0.298 e. The van der Waals surface area contributed by atoms with E-state index in [0.29, 0.717) is 15.7 Å². The first-order valence-electron chi connectivity index (χ1n) is 5.93. The van der Waals surface area contributed by atoms with Gasteiger partial charge in [-0.05, 0) is 47.5 Å². The van der Waals surface area contributed by atoms with Crippen LogP contribution in [-0.4, -0.2) is 25.6 Å². The molecule has 1 N–H and O–H groups in total. The number of aryl methyl sites for hydroxylation is 2. The van der Waals surface area contributed by atoms with E-state index in [1.165, 1.54) is 0 Å². The molecule has 0 radical (unpaired) electrons. The van der Waals surface area contributed by atoms with Crippen molar-refractivity contribution in [2.24, 2.45) is 0 Å². The number of nitrogens with zero attached hydrogens (tertiary/aromatic N) is 1. The second kappa shape index (κ2) is 5.86. The Hall–Kier alpha value is -1.25. The number of hydrogen-bond donors (Lipinski definition) is 1. The van der Waals surface area contributed by atoms with E-state index >= 15 is 0 Å². The number of sulfone groups is 1. The summed E-state index contributed by atoms with van der Waals surface area (Å²) in [7, 11) is -3.33. The molecule has 0 aliphatic carbocycles. The first-order valence-corrected chi connectivity index (χ1v) is 9.43. The topological polar surface area (TPSA) is 76.1 Å². The Morgan fingerprint density at radius 2 is 2.00 bits per heavy atom. The molecule has 1 amide bonds. The highest BCUT2D eigenvalue weighted by molar-refractivity contribution is 9.10. The monoisotopic (exact) mass is 388 g/mol. The molecule has 2 rings (SSSR count). The van der Waals surface area contributed by atoms with E-state index < -0.39 is 9.84 Å². The standard InChI is InChI=1S/C13H13BrN2O3S2/c1-7-4-5-9(10(14)6-7)11(17)16-13-15-8(2)12(20-13)21(3,18)19/h4-6H,1-3H3,(H,15,16,17). The minimum Gasteiger partial charge on any atom is -0.298 e. The van der Waals surface area contributed by atoms with Crippen LogP contribution in [0.3, 0.4) is 0 Å². The van der Waals surface area contributed by atoms with Crippen LogP contribution in [-0.2, 0) is 9.84 Å². The molecule has 0 bridgehead atoms. The first kappa shape index (κ1) is 16.1. The van der Waals surface area contributed by atoms with Gasteiger partial charge in [0.1, 0.15) is 4.21 Å². The zero-order valence-electron chi connectivity index (χ0n) is 11.6. The maximum atomic E-state index is 12.2. The lowest BCUT2D eigenvalue weighted by Crippen LogP contribution is -2.12. The lowest BCUT2D eigenvalue weighted by molar-refractivity contribution is 0.102. The molecule has 2 aromatic rings. The van der Waals surface area contributed by atoms with E-state index in [0.717, 1.165) is 23.2 Å². The van der Waals surface area contributed by atoms with Gasteiger partial charge in [0.2, 0.25) is 0 Å². The van der Waals surface area contributed by atoms with Gasteiger partial charge in [-0.25, -0.2) is 13.4 Å². The molecule has 1 aromatic heterocycles. The third kappa shape index (κ3) is 3.69. The highest BCUT2D eigenvalue weighted by Gasteiger charge is 2.19. The molecule has 0 saturated carbocycles. The molecule has 0 aliphatic heterocycles. The molecule has 112 valence electrons.